The van der Waals surface area contributed by atoms with Crippen LogP contribution >= 0.6 is 11.7 Å². The highest BCUT2D eigenvalue weighted by Crippen LogP contribution is 2.20. The number of carbonyl (C=O) groups excluding carboxylic acids is 1. The van der Waals surface area contributed by atoms with Crippen LogP contribution < -0.4 is 15.8 Å². The van der Waals surface area contributed by atoms with E-state index < -0.39 is 0 Å². The second kappa shape index (κ2) is 7.83. The van der Waals surface area contributed by atoms with E-state index in [1.165, 1.54) is 0 Å². The molecule has 0 radical (unpaired) electrons. The Bertz CT molecular complexity index is 1200. The monoisotopic (exact) mass is 395 g/mol. The summed E-state index contributed by atoms with van der Waals surface area (Å²) in [5.74, 6) is 0.444. The molecule has 2 heterocycles. The van der Waals surface area contributed by atoms with Crippen molar-refractivity contribution in [2.24, 2.45) is 0 Å². The lowest BCUT2D eigenvalue weighted by Gasteiger charge is -2.17. The maximum absolute atomic E-state index is 12.5. The Balaban J connectivity index is 1.48. The number of rotatable bonds is 6. The van der Waals surface area contributed by atoms with Crippen LogP contribution in [0.1, 0.15) is 12.7 Å². The first kappa shape index (κ1) is 18.2. The molecule has 0 spiro atoms. The van der Waals surface area contributed by atoms with Gasteiger partial charge in [0, 0.05) is 0 Å². The molecule has 0 aliphatic heterocycles. The predicted octanol–water partition coefficient (Wildman–Crippen LogP) is 0.971. The Kier molecular flexibility index (Phi) is 5.09. The number of quaternary nitrogens is 1. The van der Waals surface area contributed by atoms with Crippen molar-refractivity contribution in [3.63, 3.8) is 0 Å². The second-order valence-electron chi connectivity index (χ2n) is 6.47. The first-order valence-corrected chi connectivity index (χ1v) is 9.69. The standard InChI is InChI=1S/C19H18N6O2S/c1-2-25(10-16-20-13-7-4-3-6-12(13)19(27)22-16)11-17(26)21-14-8-5-9-15-18(14)24-28-23-15/h3-9H,2,10-11H2,1H3,(H,21,26)(H,20,22,27)/p+1. The lowest BCUT2D eigenvalue weighted by molar-refractivity contribution is -0.904. The van der Waals surface area contributed by atoms with E-state index in [9.17, 15) is 9.59 Å². The van der Waals surface area contributed by atoms with Crippen LogP contribution in [0.5, 0.6) is 0 Å². The highest BCUT2D eigenvalue weighted by molar-refractivity contribution is 7.00. The largest absolute Gasteiger partial charge is 0.321 e. The molecule has 1 atom stereocenters. The number of hydrogen-bond donors (Lipinski definition) is 3. The summed E-state index contributed by atoms with van der Waals surface area (Å²) < 4.78 is 8.42. The minimum atomic E-state index is -0.164. The van der Waals surface area contributed by atoms with Crippen molar-refractivity contribution in [2.75, 3.05) is 18.4 Å². The zero-order valence-corrected chi connectivity index (χ0v) is 16.0. The van der Waals surface area contributed by atoms with Crippen LogP contribution in [0.2, 0.25) is 0 Å². The average molecular weight is 395 g/mol. The van der Waals surface area contributed by atoms with Crippen molar-refractivity contribution in [3.8, 4) is 0 Å². The number of amides is 1. The number of nitrogens with one attached hydrogen (secondary N) is 3. The molecule has 3 N–H and O–H groups in total. The average Bonchev–Trinajstić information content (AvgIpc) is 3.17. The number of nitrogens with zero attached hydrogens (tertiary/aromatic N) is 3. The van der Waals surface area contributed by atoms with Crippen molar-refractivity contribution >= 4 is 45.3 Å². The molecular formula is C19H19N6O2S+. The van der Waals surface area contributed by atoms with Gasteiger partial charge >= 0.3 is 0 Å². The summed E-state index contributed by atoms with van der Waals surface area (Å²) in [6.07, 6.45) is 0. The molecule has 1 amide bonds. The number of carbonyl (C=O) groups is 1. The Hall–Kier alpha value is -3.17. The number of likely N-dealkylation sites (N-methyl/N-ethyl adjacent to an activating group) is 1. The van der Waals surface area contributed by atoms with Gasteiger partial charge in [-0.15, -0.1) is 0 Å². The molecule has 2 aromatic heterocycles. The molecule has 9 heteroatoms. The van der Waals surface area contributed by atoms with Crippen molar-refractivity contribution in [1.82, 2.24) is 18.7 Å². The van der Waals surface area contributed by atoms with Crippen molar-refractivity contribution < 1.29 is 9.69 Å². The molecule has 4 rings (SSSR count). The summed E-state index contributed by atoms with van der Waals surface area (Å²) in [7, 11) is 0. The Morgan fingerprint density at radius 3 is 2.82 bits per heavy atom. The number of hydrogen-bond acceptors (Lipinski definition) is 6. The van der Waals surface area contributed by atoms with Gasteiger partial charge in [-0.1, -0.05) is 18.2 Å². The topological polar surface area (TPSA) is 105 Å². The van der Waals surface area contributed by atoms with Crippen LogP contribution in [0.15, 0.2) is 47.3 Å². The predicted molar refractivity (Wildman–Crippen MR) is 108 cm³/mol. The van der Waals surface area contributed by atoms with Crippen molar-refractivity contribution in [1.29, 1.82) is 0 Å². The zero-order valence-electron chi connectivity index (χ0n) is 15.2. The fraction of sp³-hybridized carbons (Fsp3) is 0.211. The van der Waals surface area contributed by atoms with Gasteiger partial charge in [0.1, 0.15) is 17.6 Å². The van der Waals surface area contributed by atoms with E-state index in [0.717, 1.165) is 22.1 Å². The third-order valence-electron chi connectivity index (χ3n) is 4.55. The number of benzene rings is 2. The molecule has 0 fully saturated rings. The van der Waals surface area contributed by atoms with E-state index in [0.29, 0.717) is 41.0 Å². The lowest BCUT2D eigenvalue weighted by Crippen LogP contribution is -3.11. The number of fused-ring (bicyclic) bond motifs is 2. The maximum atomic E-state index is 12.5. The summed E-state index contributed by atoms with van der Waals surface area (Å²) >= 11 is 1.12. The van der Waals surface area contributed by atoms with Gasteiger partial charge in [-0.2, -0.15) is 8.75 Å². The van der Waals surface area contributed by atoms with E-state index in [4.69, 9.17) is 0 Å². The molecule has 0 aliphatic rings. The number of para-hydroxylation sites is 1. The Labute approximate surface area is 164 Å². The highest BCUT2D eigenvalue weighted by Gasteiger charge is 2.17. The van der Waals surface area contributed by atoms with Crippen LogP contribution in [0.4, 0.5) is 5.69 Å². The quantitative estimate of drug-likeness (QED) is 0.451. The maximum Gasteiger partial charge on any atom is 0.279 e. The fourth-order valence-electron chi connectivity index (χ4n) is 3.10. The van der Waals surface area contributed by atoms with Crippen LogP contribution in [0.3, 0.4) is 0 Å². The van der Waals surface area contributed by atoms with Gasteiger partial charge in [0.25, 0.3) is 11.5 Å². The zero-order chi connectivity index (χ0) is 19.5. The van der Waals surface area contributed by atoms with E-state index in [2.05, 4.69) is 24.0 Å². The van der Waals surface area contributed by atoms with Gasteiger partial charge in [-0.05, 0) is 31.2 Å². The van der Waals surface area contributed by atoms with Gasteiger partial charge in [-0.25, -0.2) is 4.98 Å². The number of aromatic nitrogens is 4. The SMILES string of the molecule is CC[NH+](CC(=O)Nc1cccc2nsnc12)Cc1nc2ccccc2c(=O)[nH]1. The van der Waals surface area contributed by atoms with Crippen LogP contribution in [0, 0.1) is 0 Å². The first-order valence-electron chi connectivity index (χ1n) is 8.96. The van der Waals surface area contributed by atoms with E-state index >= 15 is 0 Å². The van der Waals surface area contributed by atoms with Gasteiger partial charge in [0.15, 0.2) is 12.4 Å². The van der Waals surface area contributed by atoms with Gasteiger partial charge in [-0.3, -0.25) is 9.59 Å². The Morgan fingerprint density at radius 1 is 1.14 bits per heavy atom. The third kappa shape index (κ3) is 3.75. The first-order chi connectivity index (χ1) is 13.6. The molecule has 0 saturated heterocycles. The molecule has 8 nitrogen and oxygen atoms in total. The minimum absolute atomic E-state index is 0.125. The molecule has 1 unspecified atom stereocenters. The molecule has 4 aromatic rings. The minimum Gasteiger partial charge on any atom is -0.321 e. The van der Waals surface area contributed by atoms with Gasteiger partial charge in [0.05, 0.1) is 34.9 Å². The Morgan fingerprint density at radius 2 is 1.96 bits per heavy atom. The fourth-order valence-corrected chi connectivity index (χ4v) is 3.65. The molecule has 0 bridgehead atoms. The molecule has 2 aromatic carbocycles. The summed E-state index contributed by atoms with van der Waals surface area (Å²) in [6.45, 7) is 3.41. The smallest absolute Gasteiger partial charge is 0.279 e. The van der Waals surface area contributed by atoms with Crippen molar-refractivity contribution in [2.45, 2.75) is 13.5 Å². The number of aromatic amines is 1. The summed E-state index contributed by atoms with van der Waals surface area (Å²) in [6, 6.07) is 12.7. The molecular weight excluding hydrogens is 376 g/mol. The normalized spacial score (nSPS) is 12.3. The molecule has 0 saturated carbocycles. The van der Waals surface area contributed by atoms with Crippen LogP contribution in [0.25, 0.3) is 21.9 Å². The van der Waals surface area contributed by atoms with Crippen molar-refractivity contribution in [3.05, 3.63) is 58.6 Å². The summed E-state index contributed by atoms with van der Waals surface area (Å²) in [5, 5.41) is 3.48. The van der Waals surface area contributed by atoms with E-state index in [1.807, 2.05) is 43.3 Å². The number of H-pyrrole nitrogens is 1. The lowest BCUT2D eigenvalue weighted by atomic mass is 10.2. The molecule has 0 aliphatic carbocycles. The number of anilines is 1. The summed E-state index contributed by atoms with van der Waals surface area (Å²) in [4.78, 5) is 33.1. The van der Waals surface area contributed by atoms with Crippen LogP contribution in [-0.2, 0) is 11.3 Å². The second-order valence-corrected chi connectivity index (χ2v) is 7.00. The van der Waals surface area contributed by atoms with E-state index in [-0.39, 0.29) is 18.0 Å². The van der Waals surface area contributed by atoms with Gasteiger partial charge in [0.2, 0.25) is 0 Å². The highest BCUT2D eigenvalue weighted by atomic mass is 32.1. The van der Waals surface area contributed by atoms with Gasteiger partial charge < -0.3 is 15.2 Å². The molecule has 142 valence electrons. The van der Waals surface area contributed by atoms with Crippen LogP contribution in [-0.4, -0.2) is 37.7 Å². The van der Waals surface area contributed by atoms with E-state index in [1.54, 1.807) is 6.07 Å². The third-order valence-corrected chi connectivity index (χ3v) is 5.09. The summed E-state index contributed by atoms with van der Waals surface area (Å²) in [5.41, 5.74) is 2.61. The molecule has 28 heavy (non-hydrogen) atoms.